The van der Waals surface area contributed by atoms with Crippen LogP contribution in [0.1, 0.15) is 0 Å². The SMILES string of the molecule is COc1c(F)cnc2ccc(=O)n(C)c12. The fourth-order valence-corrected chi connectivity index (χ4v) is 1.49. The lowest BCUT2D eigenvalue weighted by molar-refractivity contribution is 0.388. The largest absolute Gasteiger partial charge is 0.491 e. The van der Waals surface area contributed by atoms with Crippen LogP contribution in [0.25, 0.3) is 11.0 Å². The average molecular weight is 208 g/mol. The van der Waals surface area contributed by atoms with E-state index in [1.807, 2.05) is 0 Å². The van der Waals surface area contributed by atoms with E-state index in [2.05, 4.69) is 4.98 Å². The normalized spacial score (nSPS) is 10.6. The molecule has 2 aromatic heterocycles. The van der Waals surface area contributed by atoms with Gasteiger partial charge in [0.05, 0.1) is 18.8 Å². The van der Waals surface area contributed by atoms with E-state index in [-0.39, 0.29) is 11.3 Å². The van der Waals surface area contributed by atoms with Crippen molar-refractivity contribution in [2.24, 2.45) is 7.05 Å². The lowest BCUT2D eigenvalue weighted by Crippen LogP contribution is -2.16. The maximum Gasteiger partial charge on any atom is 0.250 e. The van der Waals surface area contributed by atoms with Gasteiger partial charge in [-0.1, -0.05) is 0 Å². The van der Waals surface area contributed by atoms with Gasteiger partial charge in [-0.15, -0.1) is 0 Å². The second kappa shape index (κ2) is 3.34. The molecule has 0 atom stereocenters. The van der Waals surface area contributed by atoms with E-state index in [0.29, 0.717) is 11.0 Å². The molecule has 2 aromatic rings. The molecule has 0 aliphatic rings. The highest BCUT2D eigenvalue weighted by Gasteiger charge is 2.11. The van der Waals surface area contributed by atoms with Crippen molar-refractivity contribution in [3.05, 3.63) is 34.5 Å². The topological polar surface area (TPSA) is 44.1 Å². The minimum atomic E-state index is -0.578. The maximum absolute atomic E-state index is 13.3. The van der Waals surface area contributed by atoms with Crippen molar-refractivity contribution >= 4 is 11.0 Å². The van der Waals surface area contributed by atoms with Gasteiger partial charge in [0.2, 0.25) is 0 Å². The molecule has 0 radical (unpaired) electrons. The fourth-order valence-electron chi connectivity index (χ4n) is 1.49. The minimum Gasteiger partial charge on any atom is -0.491 e. The first-order valence-electron chi connectivity index (χ1n) is 4.33. The van der Waals surface area contributed by atoms with E-state index in [1.165, 1.54) is 17.7 Å². The summed E-state index contributed by atoms with van der Waals surface area (Å²) in [4.78, 5) is 15.2. The summed E-state index contributed by atoms with van der Waals surface area (Å²) in [7, 11) is 2.91. The third-order valence-electron chi connectivity index (χ3n) is 2.25. The first-order valence-corrected chi connectivity index (χ1v) is 4.33. The molecule has 78 valence electrons. The summed E-state index contributed by atoms with van der Waals surface area (Å²) in [5.74, 6) is -0.536. The predicted octanol–water partition coefficient (Wildman–Crippen LogP) is 1.08. The molecule has 2 rings (SSSR count). The third kappa shape index (κ3) is 1.36. The van der Waals surface area contributed by atoms with Crippen molar-refractivity contribution in [2.75, 3.05) is 7.11 Å². The van der Waals surface area contributed by atoms with Crippen LogP contribution in [0.2, 0.25) is 0 Å². The predicted molar refractivity (Wildman–Crippen MR) is 53.5 cm³/mol. The first-order chi connectivity index (χ1) is 7.15. The van der Waals surface area contributed by atoms with E-state index in [4.69, 9.17) is 4.74 Å². The van der Waals surface area contributed by atoms with Crippen molar-refractivity contribution < 1.29 is 9.13 Å². The molecule has 0 unspecified atom stereocenters. The Morgan fingerprint density at radius 2 is 2.20 bits per heavy atom. The Bertz CT molecular complexity index is 577. The highest BCUT2D eigenvalue weighted by molar-refractivity contribution is 5.81. The molecular formula is C10H9FN2O2. The smallest absolute Gasteiger partial charge is 0.250 e. The Balaban J connectivity index is 3.01. The first kappa shape index (κ1) is 9.64. The van der Waals surface area contributed by atoms with Gasteiger partial charge in [0, 0.05) is 13.1 Å². The number of rotatable bonds is 1. The zero-order valence-corrected chi connectivity index (χ0v) is 8.32. The van der Waals surface area contributed by atoms with Gasteiger partial charge < -0.3 is 9.30 Å². The van der Waals surface area contributed by atoms with Gasteiger partial charge in [-0.3, -0.25) is 9.78 Å². The fraction of sp³-hybridized carbons (Fsp3) is 0.200. The summed E-state index contributed by atoms with van der Waals surface area (Å²) < 4.78 is 19.6. The average Bonchev–Trinajstić information content (AvgIpc) is 2.24. The highest BCUT2D eigenvalue weighted by Crippen LogP contribution is 2.24. The van der Waals surface area contributed by atoms with Crippen LogP contribution in [0.3, 0.4) is 0 Å². The lowest BCUT2D eigenvalue weighted by atomic mass is 10.3. The van der Waals surface area contributed by atoms with Crippen molar-refractivity contribution in [3.63, 3.8) is 0 Å². The minimum absolute atomic E-state index is 0.0419. The highest BCUT2D eigenvalue weighted by atomic mass is 19.1. The molecular weight excluding hydrogens is 199 g/mol. The van der Waals surface area contributed by atoms with Crippen LogP contribution in [-0.4, -0.2) is 16.7 Å². The Labute approximate surface area is 84.9 Å². The summed E-state index contributed by atoms with van der Waals surface area (Å²) in [5, 5.41) is 0. The molecule has 0 bridgehead atoms. The maximum atomic E-state index is 13.3. The molecule has 0 aliphatic heterocycles. The van der Waals surface area contributed by atoms with Crippen LogP contribution in [0.4, 0.5) is 4.39 Å². The molecule has 0 aliphatic carbocycles. The second-order valence-electron chi connectivity index (χ2n) is 3.10. The van der Waals surface area contributed by atoms with E-state index in [9.17, 15) is 9.18 Å². The Kier molecular flexibility index (Phi) is 2.15. The molecule has 0 fully saturated rings. The van der Waals surface area contributed by atoms with Gasteiger partial charge >= 0.3 is 0 Å². The van der Waals surface area contributed by atoms with Crippen LogP contribution in [0, 0.1) is 5.82 Å². The van der Waals surface area contributed by atoms with Gasteiger partial charge in [-0.05, 0) is 6.07 Å². The van der Waals surface area contributed by atoms with Gasteiger partial charge in [0.1, 0.15) is 5.52 Å². The second-order valence-corrected chi connectivity index (χ2v) is 3.10. The summed E-state index contributed by atoms with van der Waals surface area (Å²) in [5.41, 5.74) is 0.661. The molecule has 15 heavy (non-hydrogen) atoms. The van der Waals surface area contributed by atoms with Crippen molar-refractivity contribution in [1.29, 1.82) is 0 Å². The number of aryl methyl sites for hydroxylation is 1. The van der Waals surface area contributed by atoms with Gasteiger partial charge in [-0.25, -0.2) is 4.39 Å². The third-order valence-corrected chi connectivity index (χ3v) is 2.25. The number of pyridine rings is 2. The standard InChI is InChI=1S/C10H9FN2O2/c1-13-8(14)4-3-7-9(13)10(15-2)6(11)5-12-7/h3-5H,1-2H3. The molecule has 0 saturated carbocycles. The van der Waals surface area contributed by atoms with E-state index in [0.717, 1.165) is 6.20 Å². The Morgan fingerprint density at radius 1 is 1.47 bits per heavy atom. The van der Waals surface area contributed by atoms with Crippen LogP contribution in [-0.2, 0) is 7.05 Å². The zero-order chi connectivity index (χ0) is 11.0. The number of ether oxygens (including phenoxy) is 1. The summed E-state index contributed by atoms with van der Waals surface area (Å²) in [6, 6.07) is 2.92. The van der Waals surface area contributed by atoms with Crippen LogP contribution in [0.15, 0.2) is 23.1 Å². The molecule has 0 saturated heterocycles. The number of hydrogen-bond acceptors (Lipinski definition) is 3. The lowest BCUT2D eigenvalue weighted by Gasteiger charge is -2.08. The molecule has 4 nitrogen and oxygen atoms in total. The number of nitrogens with zero attached hydrogens (tertiary/aromatic N) is 2. The summed E-state index contributed by atoms with van der Waals surface area (Å²) in [6.45, 7) is 0. The molecule has 0 N–H and O–H groups in total. The number of halogens is 1. The van der Waals surface area contributed by atoms with E-state index in [1.54, 1.807) is 13.1 Å². The van der Waals surface area contributed by atoms with Crippen LogP contribution in [0.5, 0.6) is 5.75 Å². The van der Waals surface area contributed by atoms with Crippen LogP contribution >= 0.6 is 0 Å². The van der Waals surface area contributed by atoms with Crippen molar-refractivity contribution in [1.82, 2.24) is 9.55 Å². The van der Waals surface area contributed by atoms with Crippen molar-refractivity contribution in [3.8, 4) is 5.75 Å². The monoisotopic (exact) mass is 208 g/mol. The molecule has 5 heteroatoms. The molecule has 0 spiro atoms. The number of aromatic nitrogens is 2. The number of hydrogen-bond donors (Lipinski definition) is 0. The molecule has 0 aromatic carbocycles. The quantitative estimate of drug-likeness (QED) is 0.704. The molecule has 0 amide bonds. The summed E-state index contributed by atoms with van der Waals surface area (Å²) >= 11 is 0. The van der Waals surface area contributed by atoms with Crippen molar-refractivity contribution in [2.45, 2.75) is 0 Å². The number of fused-ring (bicyclic) bond motifs is 1. The summed E-state index contributed by atoms with van der Waals surface area (Å²) in [6.07, 6.45) is 1.08. The van der Waals surface area contributed by atoms with Gasteiger partial charge in [0.15, 0.2) is 11.6 Å². The number of methoxy groups -OCH3 is 1. The molecule has 2 heterocycles. The van der Waals surface area contributed by atoms with Gasteiger partial charge in [0.25, 0.3) is 5.56 Å². The zero-order valence-electron chi connectivity index (χ0n) is 8.32. The Morgan fingerprint density at radius 3 is 2.87 bits per heavy atom. The van der Waals surface area contributed by atoms with E-state index >= 15 is 0 Å². The van der Waals surface area contributed by atoms with E-state index < -0.39 is 5.82 Å². The Hall–Kier alpha value is -1.91. The van der Waals surface area contributed by atoms with Crippen LogP contribution < -0.4 is 10.3 Å². The van der Waals surface area contributed by atoms with Gasteiger partial charge in [-0.2, -0.15) is 0 Å².